The average molecular weight is 227 g/mol. The van der Waals surface area contributed by atoms with E-state index >= 15 is 0 Å². The Morgan fingerprint density at radius 1 is 1.12 bits per heavy atom. The third-order valence-electron chi connectivity index (χ3n) is 2.20. The van der Waals surface area contributed by atoms with Gasteiger partial charge in [0.1, 0.15) is 5.75 Å². The van der Waals surface area contributed by atoms with Crippen LogP contribution in [0.5, 0.6) is 5.75 Å². The normalized spacial score (nSPS) is 10.4. The maximum absolute atomic E-state index is 5.08. The average Bonchev–Trinajstić information content (AvgIpc) is 2.41. The van der Waals surface area contributed by atoms with E-state index in [1.807, 2.05) is 36.4 Å². The lowest BCUT2D eigenvalue weighted by atomic mass is 10.2. The number of rotatable bonds is 4. The molecule has 17 heavy (non-hydrogen) atoms. The molecule has 4 nitrogen and oxygen atoms in total. The van der Waals surface area contributed by atoms with Crippen molar-refractivity contribution < 1.29 is 4.74 Å². The zero-order valence-corrected chi connectivity index (χ0v) is 9.50. The second-order valence-corrected chi connectivity index (χ2v) is 3.38. The van der Waals surface area contributed by atoms with Crippen LogP contribution in [0, 0.1) is 0 Å². The molecule has 86 valence electrons. The van der Waals surface area contributed by atoms with Crippen LogP contribution in [0.2, 0.25) is 0 Å². The Kier molecular flexibility index (Phi) is 3.70. The molecule has 0 aliphatic rings. The fourth-order valence-electron chi connectivity index (χ4n) is 1.30. The van der Waals surface area contributed by atoms with Crippen LogP contribution in [0.1, 0.15) is 5.56 Å². The Morgan fingerprint density at radius 3 is 2.47 bits per heavy atom. The second kappa shape index (κ2) is 5.65. The molecular weight excluding hydrogens is 214 g/mol. The summed E-state index contributed by atoms with van der Waals surface area (Å²) in [5.41, 5.74) is 4.83. The first-order chi connectivity index (χ1) is 8.38. The van der Waals surface area contributed by atoms with E-state index in [-0.39, 0.29) is 0 Å². The molecule has 0 unspecified atom stereocenters. The number of nitrogens with zero attached hydrogens (tertiary/aromatic N) is 2. The van der Waals surface area contributed by atoms with Gasteiger partial charge in [-0.1, -0.05) is 0 Å². The molecule has 1 heterocycles. The number of pyridine rings is 1. The topological polar surface area (TPSA) is 46.5 Å². The second-order valence-electron chi connectivity index (χ2n) is 3.38. The maximum atomic E-state index is 5.08. The van der Waals surface area contributed by atoms with Crippen LogP contribution < -0.4 is 10.2 Å². The predicted molar refractivity (Wildman–Crippen MR) is 68.4 cm³/mol. The molecule has 2 aromatic rings. The van der Waals surface area contributed by atoms with Crippen molar-refractivity contribution in [3.05, 3.63) is 54.4 Å². The number of aromatic nitrogens is 1. The van der Waals surface area contributed by atoms with Crippen molar-refractivity contribution in [2.45, 2.75) is 0 Å². The van der Waals surface area contributed by atoms with Gasteiger partial charge in [-0.15, -0.1) is 0 Å². The van der Waals surface area contributed by atoms with Gasteiger partial charge < -0.3 is 4.74 Å². The molecule has 4 heteroatoms. The SMILES string of the molecule is COc1ccc(/C=N/Nc2ccncc2)cc1. The molecule has 0 amide bonds. The van der Waals surface area contributed by atoms with Crippen LogP contribution in [0.3, 0.4) is 0 Å². The Bertz CT molecular complexity index is 480. The van der Waals surface area contributed by atoms with Crippen LogP contribution in [0.4, 0.5) is 5.69 Å². The highest BCUT2D eigenvalue weighted by Gasteiger charge is 1.90. The summed E-state index contributed by atoms with van der Waals surface area (Å²) in [5.74, 6) is 0.837. The van der Waals surface area contributed by atoms with Crippen molar-refractivity contribution in [1.82, 2.24) is 4.98 Å². The first kappa shape index (κ1) is 11.1. The van der Waals surface area contributed by atoms with Gasteiger partial charge in [0.05, 0.1) is 19.0 Å². The Labute approximate surface area is 100.0 Å². The molecule has 0 saturated heterocycles. The number of hydrogen-bond acceptors (Lipinski definition) is 4. The largest absolute Gasteiger partial charge is 0.497 e. The molecule has 0 bridgehead atoms. The summed E-state index contributed by atoms with van der Waals surface area (Å²) < 4.78 is 5.08. The molecule has 0 spiro atoms. The van der Waals surface area contributed by atoms with Crippen LogP contribution in [0.25, 0.3) is 0 Å². The summed E-state index contributed by atoms with van der Waals surface area (Å²) in [5, 5.41) is 4.12. The fraction of sp³-hybridized carbons (Fsp3) is 0.0769. The van der Waals surface area contributed by atoms with Crippen molar-refractivity contribution in [1.29, 1.82) is 0 Å². The van der Waals surface area contributed by atoms with Gasteiger partial charge in [0.2, 0.25) is 0 Å². The highest BCUT2D eigenvalue weighted by molar-refractivity contribution is 5.80. The molecule has 1 aromatic carbocycles. The van der Waals surface area contributed by atoms with E-state index in [0.717, 1.165) is 17.0 Å². The monoisotopic (exact) mass is 227 g/mol. The third kappa shape index (κ3) is 3.31. The molecular formula is C13H13N3O. The molecule has 0 radical (unpaired) electrons. The molecule has 0 aliphatic carbocycles. The number of hydrogen-bond donors (Lipinski definition) is 1. The van der Waals surface area contributed by atoms with Gasteiger partial charge in [0, 0.05) is 12.4 Å². The quantitative estimate of drug-likeness (QED) is 0.645. The van der Waals surface area contributed by atoms with Crippen molar-refractivity contribution in [3.63, 3.8) is 0 Å². The lowest BCUT2D eigenvalue weighted by Gasteiger charge is -2.00. The number of methoxy groups -OCH3 is 1. The molecule has 0 fully saturated rings. The van der Waals surface area contributed by atoms with E-state index in [0.29, 0.717) is 0 Å². The summed E-state index contributed by atoms with van der Waals surface area (Å²) in [6.07, 6.45) is 5.18. The number of benzene rings is 1. The highest BCUT2D eigenvalue weighted by Crippen LogP contribution is 2.10. The first-order valence-electron chi connectivity index (χ1n) is 5.21. The van der Waals surface area contributed by atoms with E-state index < -0.39 is 0 Å². The van der Waals surface area contributed by atoms with Crippen molar-refractivity contribution in [2.75, 3.05) is 12.5 Å². The maximum Gasteiger partial charge on any atom is 0.118 e. The Morgan fingerprint density at radius 2 is 1.82 bits per heavy atom. The molecule has 1 aromatic heterocycles. The van der Waals surface area contributed by atoms with Crippen LogP contribution in [-0.2, 0) is 0 Å². The van der Waals surface area contributed by atoms with Crippen molar-refractivity contribution in [2.24, 2.45) is 5.10 Å². The Hall–Kier alpha value is -2.36. The van der Waals surface area contributed by atoms with E-state index in [1.54, 1.807) is 25.7 Å². The molecule has 0 aliphatic heterocycles. The summed E-state index contributed by atoms with van der Waals surface area (Å²) in [4.78, 5) is 3.92. The predicted octanol–water partition coefficient (Wildman–Crippen LogP) is 2.54. The highest BCUT2D eigenvalue weighted by atomic mass is 16.5. The van der Waals surface area contributed by atoms with Crippen LogP contribution in [-0.4, -0.2) is 18.3 Å². The number of hydrazone groups is 1. The van der Waals surface area contributed by atoms with Gasteiger partial charge in [-0.05, 0) is 42.0 Å². The summed E-state index contributed by atoms with van der Waals surface area (Å²) in [7, 11) is 1.65. The first-order valence-corrected chi connectivity index (χ1v) is 5.21. The van der Waals surface area contributed by atoms with Gasteiger partial charge in [-0.2, -0.15) is 5.10 Å². The van der Waals surface area contributed by atoms with Crippen molar-refractivity contribution in [3.8, 4) is 5.75 Å². The van der Waals surface area contributed by atoms with Gasteiger partial charge in [0.25, 0.3) is 0 Å². The van der Waals surface area contributed by atoms with Crippen LogP contribution >= 0.6 is 0 Å². The zero-order chi connectivity index (χ0) is 11.9. The molecule has 0 saturated carbocycles. The van der Waals surface area contributed by atoms with Gasteiger partial charge in [-0.3, -0.25) is 10.4 Å². The Balaban J connectivity index is 1.96. The third-order valence-corrected chi connectivity index (χ3v) is 2.20. The number of nitrogens with one attached hydrogen (secondary N) is 1. The molecule has 0 atom stereocenters. The minimum absolute atomic E-state index is 0.837. The van der Waals surface area contributed by atoms with E-state index in [1.165, 1.54) is 0 Å². The molecule has 1 N–H and O–H groups in total. The summed E-state index contributed by atoms with van der Waals surface area (Å²) in [6.45, 7) is 0. The van der Waals surface area contributed by atoms with Gasteiger partial charge in [-0.25, -0.2) is 0 Å². The van der Waals surface area contributed by atoms with E-state index in [2.05, 4.69) is 15.5 Å². The summed E-state index contributed by atoms with van der Waals surface area (Å²) >= 11 is 0. The minimum atomic E-state index is 0.837. The van der Waals surface area contributed by atoms with Gasteiger partial charge >= 0.3 is 0 Å². The fourth-order valence-corrected chi connectivity index (χ4v) is 1.30. The number of ether oxygens (including phenoxy) is 1. The number of anilines is 1. The smallest absolute Gasteiger partial charge is 0.118 e. The minimum Gasteiger partial charge on any atom is -0.497 e. The van der Waals surface area contributed by atoms with Crippen LogP contribution in [0.15, 0.2) is 53.9 Å². The summed E-state index contributed by atoms with van der Waals surface area (Å²) in [6, 6.07) is 11.4. The van der Waals surface area contributed by atoms with Crippen molar-refractivity contribution >= 4 is 11.9 Å². The van der Waals surface area contributed by atoms with Gasteiger partial charge in [0.15, 0.2) is 0 Å². The lowest BCUT2D eigenvalue weighted by molar-refractivity contribution is 0.415. The van der Waals surface area contributed by atoms with E-state index in [9.17, 15) is 0 Å². The van der Waals surface area contributed by atoms with E-state index in [4.69, 9.17) is 4.74 Å². The molecule has 2 rings (SSSR count). The zero-order valence-electron chi connectivity index (χ0n) is 9.50. The lowest BCUT2D eigenvalue weighted by Crippen LogP contribution is -1.90. The standard InChI is InChI=1S/C13H13N3O/c1-17-13-4-2-11(3-5-13)10-15-16-12-6-8-14-9-7-12/h2-10H,1H3,(H,14,16)/b15-10+.